The van der Waals surface area contributed by atoms with Crippen LogP contribution in [0.1, 0.15) is 74.8 Å². The second-order valence-electron chi connectivity index (χ2n) is 9.77. The largest absolute Gasteiger partial charge is 0.351 e. The molecule has 6 heteroatoms. The molecular formula is C26H31N3O2S. The zero-order valence-electron chi connectivity index (χ0n) is 19.1. The summed E-state index contributed by atoms with van der Waals surface area (Å²) in [6, 6.07) is 12.3. The molecule has 1 aliphatic heterocycles. The van der Waals surface area contributed by atoms with Gasteiger partial charge >= 0.3 is 0 Å². The number of fused-ring (bicyclic) bond motifs is 3. The van der Waals surface area contributed by atoms with Crippen molar-refractivity contribution in [2.45, 2.75) is 76.9 Å². The molecule has 1 fully saturated rings. The minimum Gasteiger partial charge on any atom is -0.351 e. The molecule has 0 radical (unpaired) electrons. The molecule has 1 atom stereocenters. The van der Waals surface area contributed by atoms with E-state index < -0.39 is 5.54 Å². The number of nitrogens with zero attached hydrogens (tertiary/aromatic N) is 2. The first-order valence-electron chi connectivity index (χ1n) is 11.7. The smallest absolute Gasteiger partial charge is 0.275 e. The Labute approximate surface area is 193 Å². The minimum absolute atomic E-state index is 0.0604. The normalized spacial score (nSPS) is 21.9. The Morgan fingerprint density at radius 1 is 1.12 bits per heavy atom. The van der Waals surface area contributed by atoms with Crippen molar-refractivity contribution in [1.29, 1.82) is 0 Å². The lowest BCUT2D eigenvalue weighted by Crippen LogP contribution is -2.65. The van der Waals surface area contributed by atoms with Gasteiger partial charge in [0.05, 0.1) is 6.54 Å². The van der Waals surface area contributed by atoms with Crippen molar-refractivity contribution < 1.29 is 9.59 Å². The van der Waals surface area contributed by atoms with E-state index in [0.29, 0.717) is 18.2 Å². The van der Waals surface area contributed by atoms with Gasteiger partial charge in [-0.1, -0.05) is 45.2 Å². The number of anilines is 1. The van der Waals surface area contributed by atoms with Gasteiger partial charge < -0.3 is 9.88 Å². The number of amides is 2. The molecule has 0 saturated heterocycles. The van der Waals surface area contributed by atoms with Crippen molar-refractivity contribution in [3.63, 3.8) is 0 Å². The Hall–Kier alpha value is -2.60. The maximum atomic E-state index is 13.8. The number of hydrogen-bond acceptors (Lipinski definition) is 3. The number of rotatable bonds is 4. The topological polar surface area (TPSA) is 54.3 Å². The van der Waals surface area contributed by atoms with Crippen LogP contribution in [0.15, 0.2) is 41.8 Å². The zero-order chi connectivity index (χ0) is 22.5. The van der Waals surface area contributed by atoms with Gasteiger partial charge in [0.2, 0.25) is 5.91 Å². The highest BCUT2D eigenvalue weighted by Gasteiger charge is 2.49. The quantitative estimate of drug-likeness (QED) is 0.556. The molecule has 1 unspecified atom stereocenters. The SMILES string of the molecule is CC(C)c1ccc(N2C(=O)c3cc4ccsc4n3CC2(C)C(=O)NC2CCCCC2)cc1. The first-order chi connectivity index (χ1) is 15.4. The van der Waals surface area contributed by atoms with Crippen LogP contribution in [0, 0.1) is 0 Å². The van der Waals surface area contributed by atoms with Crippen LogP contribution in [0.2, 0.25) is 0 Å². The summed E-state index contributed by atoms with van der Waals surface area (Å²) in [5.74, 6) is 0.235. The van der Waals surface area contributed by atoms with Crippen molar-refractivity contribution >= 4 is 39.1 Å². The number of hydrogen-bond donors (Lipinski definition) is 1. The number of aromatic nitrogens is 1. The van der Waals surface area contributed by atoms with E-state index in [2.05, 4.69) is 31.3 Å². The van der Waals surface area contributed by atoms with Crippen LogP contribution in [-0.4, -0.2) is 28.0 Å². The second kappa shape index (κ2) is 8.07. The molecule has 1 aromatic carbocycles. The highest BCUT2D eigenvalue weighted by Crippen LogP contribution is 2.38. The summed E-state index contributed by atoms with van der Waals surface area (Å²) in [6.07, 6.45) is 5.57. The standard InChI is InChI=1S/C26H31N3O2S/c1-17(2)18-9-11-21(12-10-18)29-23(30)22-15-19-13-14-32-24(19)28(22)16-26(29,3)25(31)27-20-7-5-4-6-8-20/h9-15,17,20H,4-8,16H2,1-3H3,(H,27,31). The van der Waals surface area contributed by atoms with Crippen molar-refractivity contribution in [2.75, 3.05) is 4.90 Å². The molecule has 1 N–H and O–H groups in total. The van der Waals surface area contributed by atoms with E-state index in [1.165, 1.54) is 12.0 Å². The number of thiophene rings is 1. The molecule has 0 spiro atoms. The Morgan fingerprint density at radius 3 is 2.53 bits per heavy atom. The summed E-state index contributed by atoms with van der Waals surface area (Å²) in [4.78, 5) is 30.4. The lowest BCUT2D eigenvalue weighted by atomic mass is 9.90. The Morgan fingerprint density at radius 2 is 1.84 bits per heavy atom. The van der Waals surface area contributed by atoms with Gasteiger partial charge in [0.15, 0.2) is 0 Å². The van der Waals surface area contributed by atoms with Gasteiger partial charge in [-0.25, -0.2) is 0 Å². The summed E-state index contributed by atoms with van der Waals surface area (Å²) < 4.78 is 2.04. The Balaban J connectivity index is 1.57. The van der Waals surface area contributed by atoms with Gasteiger partial charge in [-0.05, 0) is 60.9 Å². The Kier molecular flexibility index (Phi) is 5.36. The third-order valence-corrected chi connectivity index (χ3v) is 8.08. The third kappa shape index (κ3) is 3.45. The molecule has 3 heterocycles. The number of carbonyl (C=O) groups is 2. The van der Waals surface area contributed by atoms with Crippen molar-refractivity contribution in [2.24, 2.45) is 0 Å². The summed E-state index contributed by atoms with van der Waals surface area (Å²) in [5.41, 5.74) is 1.64. The number of carbonyl (C=O) groups excluding carboxylic acids is 2. The molecule has 2 aromatic heterocycles. The predicted molar refractivity (Wildman–Crippen MR) is 131 cm³/mol. The lowest BCUT2D eigenvalue weighted by Gasteiger charge is -2.44. The second-order valence-corrected chi connectivity index (χ2v) is 10.7. The summed E-state index contributed by atoms with van der Waals surface area (Å²) in [6.45, 7) is 6.68. The van der Waals surface area contributed by atoms with Gasteiger partial charge in [0.25, 0.3) is 5.91 Å². The average molecular weight is 450 g/mol. The highest BCUT2D eigenvalue weighted by atomic mass is 32.1. The number of nitrogens with one attached hydrogen (secondary N) is 1. The van der Waals surface area contributed by atoms with Crippen molar-refractivity contribution in [3.05, 3.63) is 53.0 Å². The molecule has 1 saturated carbocycles. The maximum Gasteiger partial charge on any atom is 0.275 e. The zero-order valence-corrected chi connectivity index (χ0v) is 19.9. The van der Waals surface area contributed by atoms with E-state index in [1.807, 2.05) is 41.1 Å². The molecule has 2 amide bonds. The summed E-state index contributed by atoms with van der Waals surface area (Å²) >= 11 is 1.62. The fraction of sp³-hybridized carbons (Fsp3) is 0.462. The average Bonchev–Trinajstić information content (AvgIpc) is 3.37. The molecule has 5 rings (SSSR count). The van der Waals surface area contributed by atoms with Crippen LogP contribution < -0.4 is 10.2 Å². The van der Waals surface area contributed by atoms with E-state index >= 15 is 0 Å². The van der Waals surface area contributed by atoms with E-state index in [-0.39, 0.29) is 17.9 Å². The van der Waals surface area contributed by atoms with Gasteiger partial charge in [0, 0.05) is 17.1 Å². The van der Waals surface area contributed by atoms with Gasteiger partial charge in [-0.2, -0.15) is 0 Å². The Bertz CT molecular complexity index is 1150. The van der Waals surface area contributed by atoms with E-state index in [9.17, 15) is 9.59 Å². The maximum absolute atomic E-state index is 13.8. The van der Waals surface area contributed by atoms with Gasteiger partial charge in [-0.15, -0.1) is 11.3 Å². The fourth-order valence-corrected chi connectivity index (χ4v) is 6.09. The minimum atomic E-state index is -1.00. The molecule has 2 aliphatic rings. The van der Waals surface area contributed by atoms with Crippen molar-refractivity contribution in [1.82, 2.24) is 9.88 Å². The molecule has 0 bridgehead atoms. The molecule has 1 aliphatic carbocycles. The van der Waals surface area contributed by atoms with Gasteiger partial charge in [-0.3, -0.25) is 14.5 Å². The molecule has 32 heavy (non-hydrogen) atoms. The van der Waals surface area contributed by atoms with E-state index in [0.717, 1.165) is 41.6 Å². The van der Waals surface area contributed by atoms with Gasteiger partial charge in [0.1, 0.15) is 16.1 Å². The van der Waals surface area contributed by atoms with Crippen LogP contribution in [0.4, 0.5) is 5.69 Å². The molecule has 168 valence electrons. The first-order valence-corrected chi connectivity index (χ1v) is 12.6. The highest BCUT2D eigenvalue weighted by molar-refractivity contribution is 7.16. The molecular weight excluding hydrogens is 418 g/mol. The van der Waals surface area contributed by atoms with Crippen LogP contribution >= 0.6 is 11.3 Å². The van der Waals surface area contributed by atoms with Crippen LogP contribution in [-0.2, 0) is 11.3 Å². The number of benzene rings is 1. The summed E-state index contributed by atoms with van der Waals surface area (Å²) in [7, 11) is 0. The van der Waals surface area contributed by atoms with Crippen LogP contribution in [0.25, 0.3) is 10.2 Å². The monoisotopic (exact) mass is 449 g/mol. The van der Waals surface area contributed by atoms with Crippen LogP contribution in [0.5, 0.6) is 0 Å². The van der Waals surface area contributed by atoms with Crippen molar-refractivity contribution in [3.8, 4) is 0 Å². The van der Waals surface area contributed by atoms with Crippen LogP contribution in [0.3, 0.4) is 0 Å². The summed E-state index contributed by atoms with van der Waals surface area (Å²) in [5, 5.41) is 6.40. The lowest BCUT2D eigenvalue weighted by molar-refractivity contribution is -0.127. The molecule has 3 aromatic rings. The predicted octanol–water partition coefficient (Wildman–Crippen LogP) is 5.69. The first kappa shape index (κ1) is 21.3. The fourth-order valence-electron chi connectivity index (χ4n) is 5.20. The van der Waals surface area contributed by atoms with E-state index in [4.69, 9.17) is 0 Å². The molecule has 5 nitrogen and oxygen atoms in total. The van der Waals surface area contributed by atoms with E-state index in [1.54, 1.807) is 16.2 Å². The third-order valence-electron chi connectivity index (χ3n) is 7.13.